The van der Waals surface area contributed by atoms with E-state index >= 15 is 0 Å². The molecular formula is C15H21N3O. The molecule has 1 aliphatic rings. The second kappa shape index (κ2) is 6.55. The number of hydrogen-bond donors (Lipinski definition) is 0. The van der Waals surface area contributed by atoms with Crippen molar-refractivity contribution >= 4 is 0 Å². The summed E-state index contributed by atoms with van der Waals surface area (Å²) in [4.78, 5) is 4.70. The summed E-state index contributed by atoms with van der Waals surface area (Å²) in [6.07, 6.45) is 0. The number of rotatable bonds is 4. The van der Waals surface area contributed by atoms with E-state index < -0.39 is 0 Å². The number of methoxy groups -OCH3 is 1. The second-order valence-corrected chi connectivity index (χ2v) is 5.06. The molecule has 1 unspecified atom stereocenters. The fraction of sp³-hybridized carbons (Fsp3) is 0.533. The van der Waals surface area contributed by atoms with Gasteiger partial charge in [-0.2, -0.15) is 5.26 Å². The molecule has 1 aromatic carbocycles. The Morgan fingerprint density at radius 1 is 1.21 bits per heavy atom. The highest BCUT2D eigenvalue weighted by Crippen LogP contribution is 2.20. The maximum atomic E-state index is 9.37. The van der Waals surface area contributed by atoms with Gasteiger partial charge >= 0.3 is 0 Å². The van der Waals surface area contributed by atoms with E-state index in [1.54, 1.807) is 7.11 Å². The number of ether oxygens (including phenoxy) is 1. The van der Waals surface area contributed by atoms with Crippen LogP contribution in [0.1, 0.15) is 11.5 Å². The zero-order valence-corrected chi connectivity index (χ0v) is 11.7. The Kier molecular flexibility index (Phi) is 4.78. The van der Waals surface area contributed by atoms with E-state index in [0.717, 1.165) is 44.0 Å². The van der Waals surface area contributed by atoms with Gasteiger partial charge in [-0.1, -0.05) is 12.1 Å². The number of likely N-dealkylation sites (N-methyl/N-ethyl adjacent to an activating group) is 1. The molecule has 1 saturated heterocycles. The third-order valence-electron chi connectivity index (χ3n) is 3.71. The number of nitriles is 1. The summed E-state index contributed by atoms with van der Waals surface area (Å²) in [7, 11) is 3.80. The van der Waals surface area contributed by atoms with Crippen LogP contribution < -0.4 is 4.74 Å². The SMILES string of the molecule is COc1ccc(C(C#N)CN2CCN(C)CC2)cc1. The molecule has 0 N–H and O–H groups in total. The lowest BCUT2D eigenvalue weighted by atomic mass is 9.99. The first-order valence-electron chi connectivity index (χ1n) is 6.67. The number of benzene rings is 1. The summed E-state index contributed by atoms with van der Waals surface area (Å²) >= 11 is 0. The van der Waals surface area contributed by atoms with Crippen molar-refractivity contribution in [3.8, 4) is 11.8 Å². The first kappa shape index (κ1) is 13.9. The molecule has 4 nitrogen and oxygen atoms in total. The van der Waals surface area contributed by atoms with Crippen LogP contribution in [0.2, 0.25) is 0 Å². The van der Waals surface area contributed by atoms with Gasteiger partial charge in [-0.15, -0.1) is 0 Å². The van der Waals surface area contributed by atoms with Gasteiger partial charge in [0.05, 0.1) is 19.1 Å². The van der Waals surface area contributed by atoms with Crippen molar-refractivity contribution < 1.29 is 4.74 Å². The van der Waals surface area contributed by atoms with Gasteiger partial charge in [0.15, 0.2) is 0 Å². The van der Waals surface area contributed by atoms with Crippen LogP contribution in [-0.2, 0) is 0 Å². The summed E-state index contributed by atoms with van der Waals surface area (Å²) in [6, 6.07) is 10.2. The lowest BCUT2D eigenvalue weighted by Gasteiger charge is -2.33. The van der Waals surface area contributed by atoms with E-state index in [0.29, 0.717) is 0 Å². The van der Waals surface area contributed by atoms with Crippen LogP contribution in [0, 0.1) is 11.3 Å². The molecule has 0 spiro atoms. The molecule has 2 rings (SSSR count). The van der Waals surface area contributed by atoms with Crippen LogP contribution in [0.4, 0.5) is 0 Å². The molecule has 0 amide bonds. The van der Waals surface area contributed by atoms with Gasteiger partial charge in [0, 0.05) is 32.7 Å². The molecule has 4 heteroatoms. The van der Waals surface area contributed by atoms with Crippen molar-refractivity contribution in [1.29, 1.82) is 5.26 Å². The van der Waals surface area contributed by atoms with Gasteiger partial charge in [-0.05, 0) is 24.7 Å². The lowest BCUT2D eigenvalue weighted by molar-refractivity contribution is 0.152. The second-order valence-electron chi connectivity index (χ2n) is 5.06. The molecule has 0 radical (unpaired) electrons. The third kappa shape index (κ3) is 3.69. The Morgan fingerprint density at radius 2 is 1.84 bits per heavy atom. The predicted molar refractivity (Wildman–Crippen MR) is 75.3 cm³/mol. The Balaban J connectivity index is 1.97. The average Bonchev–Trinajstić information content (AvgIpc) is 2.47. The van der Waals surface area contributed by atoms with E-state index in [-0.39, 0.29) is 5.92 Å². The lowest BCUT2D eigenvalue weighted by Crippen LogP contribution is -2.45. The van der Waals surface area contributed by atoms with E-state index in [9.17, 15) is 5.26 Å². The van der Waals surface area contributed by atoms with Crippen LogP contribution in [0.15, 0.2) is 24.3 Å². The standard InChI is InChI=1S/C15H21N3O/c1-17-7-9-18(10-8-17)12-14(11-16)13-3-5-15(19-2)6-4-13/h3-6,14H,7-10,12H2,1-2H3. The summed E-state index contributed by atoms with van der Waals surface area (Å²) in [5, 5.41) is 9.37. The van der Waals surface area contributed by atoms with Gasteiger partial charge in [0.1, 0.15) is 5.75 Å². The normalized spacial score (nSPS) is 18.8. The zero-order chi connectivity index (χ0) is 13.7. The van der Waals surface area contributed by atoms with Crippen LogP contribution in [0.5, 0.6) is 5.75 Å². The summed E-state index contributed by atoms with van der Waals surface area (Å²) in [6.45, 7) is 5.08. The summed E-state index contributed by atoms with van der Waals surface area (Å²) < 4.78 is 5.15. The first-order chi connectivity index (χ1) is 9.22. The van der Waals surface area contributed by atoms with Crippen molar-refractivity contribution in [3.63, 3.8) is 0 Å². The molecule has 0 saturated carbocycles. The molecular weight excluding hydrogens is 238 g/mol. The molecule has 0 bridgehead atoms. The van der Waals surface area contributed by atoms with Gasteiger partial charge in [-0.25, -0.2) is 0 Å². The van der Waals surface area contributed by atoms with Gasteiger partial charge in [0.2, 0.25) is 0 Å². The van der Waals surface area contributed by atoms with E-state index in [2.05, 4.69) is 22.9 Å². The Morgan fingerprint density at radius 3 is 2.37 bits per heavy atom. The quantitative estimate of drug-likeness (QED) is 0.822. The highest BCUT2D eigenvalue weighted by atomic mass is 16.5. The van der Waals surface area contributed by atoms with Crippen molar-refractivity contribution in [1.82, 2.24) is 9.80 Å². The molecule has 0 aliphatic carbocycles. The predicted octanol–water partition coefficient (Wildman–Crippen LogP) is 1.55. The first-order valence-corrected chi connectivity index (χ1v) is 6.67. The van der Waals surface area contributed by atoms with E-state index in [1.807, 2.05) is 24.3 Å². The average molecular weight is 259 g/mol. The molecule has 19 heavy (non-hydrogen) atoms. The summed E-state index contributed by atoms with van der Waals surface area (Å²) in [5.41, 5.74) is 1.07. The zero-order valence-electron chi connectivity index (χ0n) is 11.7. The fourth-order valence-corrected chi connectivity index (χ4v) is 2.35. The highest BCUT2D eigenvalue weighted by molar-refractivity contribution is 5.32. The van der Waals surface area contributed by atoms with Crippen LogP contribution >= 0.6 is 0 Å². The molecule has 0 aromatic heterocycles. The van der Waals surface area contributed by atoms with Crippen LogP contribution in [0.3, 0.4) is 0 Å². The summed E-state index contributed by atoms with van der Waals surface area (Å²) in [5.74, 6) is 0.773. The van der Waals surface area contributed by atoms with Crippen molar-refractivity contribution in [3.05, 3.63) is 29.8 Å². The monoisotopic (exact) mass is 259 g/mol. The largest absolute Gasteiger partial charge is 0.497 e. The van der Waals surface area contributed by atoms with Crippen LogP contribution in [-0.4, -0.2) is 56.7 Å². The Bertz CT molecular complexity index is 430. The van der Waals surface area contributed by atoms with E-state index in [1.165, 1.54) is 0 Å². The highest BCUT2D eigenvalue weighted by Gasteiger charge is 2.19. The topological polar surface area (TPSA) is 39.5 Å². The van der Waals surface area contributed by atoms with Gasteiger partial charge in [0.25, 0.3) is 0 Å². The Labute approximate surface area is 115 Å². The van der Waals surface area contributed by atoms with Crippen molar-refractivity contribution in [2.75, 3.05) is 46.9 Å². The molecule has 1 heterocycles. The number of hydrogen-bond acceptors (Lipinski definition) is 4. The molecule has 1 aromatic rings. The van der Waals surface area contributed by atoms with E-state index in [4.69, 9.17) is 4.74 Å². The van der Waals surface area contributed by atoms with Gasteiger partial charge in [-0.3, -0.25) is 4.90 Å². The molecule has 102 valence electrons. The van der Waals surface area contributed by atoms with Crippen molar-refractivity contribution in [2.24, 2.45) is 0 Å². The molecule has 1 fully saturated rings. The van der Waals surface area contributed by atoms with Crippen LogP contribution in [0.25, 0.3) is 0 Å². The van der Waals surface area contributed by atoms with Crippen molar-refractivity contribution in [2.45, 2.75) is 5.92 Å². The third-order valence-corrected chi connectivity index (χ3v) is 3.71. The fourth-order valence-electron chi connectivity index (χ4n) is 2.35. The van der Waals surface area contributed by atoms with Gasteiger partial charge < -0.3 is 9.64 Å². The minimum Gasteiger partial charge on any atom is -0.497 e. The number of nitrogens with zero attached hydrogens (tertiary/aromatic N) is 3. The Hall–Kier alpha value is -1.57. The maximum absolute atomic E-state index is 9.37. The molecule has 1 aliphatic heterocycles. The number of piperazine rings is 1. The minimum absolute atomic E-state index is 0.0608. The smallest absolute Gasteiger partial charge is 0.118 e. The maximum Gasteiger partial charge on any atom is 0.118 e. The molecule has 1 atom stereocenters. The minimum atomic E-state index is -0.0608.